The number of phenolic OH excluding ortho intramolecular Hbond substituents is 1. The van der Waals surface area contributed by atoms with Crippen LogP contribution in [0.2, 0.25) is 0 Å². The van der Waals surface area contributed by atoms with Crippen molar-refractivity contribution in [3.05, 3.63) is 52.1 Å². The fourth-order valence-corrected chi connectivity index (χ4v) is 3.54. The van der Waals surface area contributed by atoms with E-state index in [9.17, 15) is 9.90 Å². The highest BCUT2D eigenvalue weighted by atomic mass is 32.2. The van der Waals surface area contributed by atoms with Crippen LogP contribution in [-0.4, -0.2) is 14.7 Å². The number of aromatic nitrogens is 2. The lowest BCUT2D eigenvalue weighted by atomic mass is 10.1. The summed E-state index contributed by atoms with van der Waals surface area (Å²) >= 11 is 1.58. The van der Waals surface area contributed by atoms with Crippen LogP contribution in [0, 0.1) is 0 Å². The number of thioether (sulfide) groups is 1. The van der Waals surface area contributed by atoms with Crippen molar-refractivity contribution in [1.29, 1.82) is 0 Å². The number of benzene rings is 1. The van der Waals surface area contributed by atoms with Gasteiger partial charge in [0.05, 0.1) is 0 Å². The molecule has 0 aliphatic carbocycles. The summed E-state index contributed by atoms with van der Waals surface area (Å²) < 4.78 is 7.28. The standard InChI is InChI=1S/C17H18N2O3S/c1-3-11-7-13-12(8-16(21)22-15(13)9-14(11)20)10-23-17-18-5-6-19(17)4-2/h5-9,20H,3-4,10H2,1-2H3. The molecule has 2 heterocycles. The zero-order valence-electron chi connectivity index (χ0n) is 13.1. The van der Waals surface area contributed by atoms with Crippen LogP contribution in [0.4, 0.5) is 0 Å². The number of fused-ring (bicyclic) bond motifs is 1. The van der Waals surface area contributed by atoms with E-state index in [4.69, 9.17) is 4.42 Å². The molecule has 1 aromatic carbocycles. The third-order valence-corrected chi connectivity index (χ3v) is 4.84. The summed E-state index contributed by atoms with van der Waals surface area (Å²) in [5.74, 6) is 0.780. The number of hydrogen-bond acceptors (Lipinski definition) is 5. The van der Waals surface area contributed by atoms with Gasteiger partial charge in [0.2, 0.25) is 0 Å². The predicted octanol–water partition coefficient (Wildman–Crippen LogP) is 3.57. The molecule has 0 fully saturated rings. The molecule has 120 valence electrons. The quantitative estimate of drug-likeness (QED) is 0.572. The van der Waals surface area contributed by atoms with E-state index in [1.165, 1.54) is 12.1 Å². The number of imidazole rings is 1. The van der Waals surface area contributed by atoms with Gasteiger partial charge in [-0.1, -0.05) is 18.7 Å². The van der Waals surface area contributed by atoms with Crippen molar-refractivity contribution in [1.82, 2.24) is 9.55 Å². The van der Waals surface area contributed by atoms with Crippen LogP contribution in [0.25, 0.3) is 11.0 Å². The average molecular weight is 330 g/mol. The lowest BCUT2D eigenvalue weighted by molar-refractivity contribution is 0.466. The Bertz CT molecular complexity index is 898. The van der Waals surface area contributed by atoms with Crippen molar-refractivity contribution in [2.45, 2.75) is 37.7 Å². The molecular formula is C17H18N2O3S. The Morgan fingerprint density at radius 3 is 2.83 bits per heavy atom. The zero-order valence-corrected chi connectivity index (χ0v) is 13.9. The first kappa shape index (κ1) is 15.7. The summed E-state index contributed by atoms with van der Waals surface area (Å²) in [6, 6.07) is 4.94. The summed E-state index contributed by atoms with van der Waals surface area (Å²) in [7, 11) is 0. The SMILES string of the molecule is CCc1cc2c(CSc3nccn3CC)cc(=O)oc2cc1O. The van der Waals surface area contributed by atoms with E-state index in [1.54, 1.807) is 18.0 Å². The zero-order chi connectivity index (χ0) is 16.4. The molecule has 0 amide bonds. The summed E-state index contributed by atoms with van der Waals surface area (Å²) in [4.78, 5) is 16.1. The van der Waals surface area contributed by atoms with E-state index < -0.39 is 5.63 Å². The van der Waals surface area contributed by atoms with Crippen LogP contribution in [0.5, 0.6) is 5.75 Å². The topological polar surface area (TPSA) is 68.3 Å². The van der Waals surface area contributed by atoms with Gasteiger partial charge < -0.3 is 14.1 Å². The van der Waals surface area contributed by atoms with E-state index in [-0.39, 0.29) is 5.75 Å². The lowest BCUT2D eigenvalue weighted by Crippen LogP contribution is -2.01. The number of aromatic hydroxyl groups is 1. The first-order valence-corrected chi connectivity index (χ1v) is 8.53. The van der Waals surface area contributed by atoms with Crippen LogP contribution in [0.1, 0.15) is 25.0 Å². The third kappa shape index (κ3) is 3.12. The summed E-state index contributed by atoms with van der Waals surface area (Å²) in [6.07, 6.45) is 4.43. The Morgan fingerprint density at radius 2 is 2.09 bits per heavy atom. The number of phenols is 1. The number of nitrogens with zero attached hydrogens (tertiary/aromatic N) is 2. The fraction of sp³-hybridized carbons (Fsp3) is 0.294. The Labute approximate surface area is 138 Å². The van der Waals surface area contributed by atoms with E-state index >= 15 is 0 Å². The first-order valence-electron chi connectivity index (χ1n) is 7.55. The molecule has 0 bridgehead atoms. The van der Waals surface area contributed by atoms with E-state index in [0.717, 1.165) is 28.2 Å². The van der Waals surface area contributed by atoms with Gasteiger partial charge in [0.1, 0.15) is 11.3 Å². The second-order valence-corrected chi connectivity index (χ2v) is 6.15. The van der Waals surface area contributed by atoms with Gasteiger partial charge in [0.15, 0.2) is 5.16 Å². The summed E-state index contributed by atoms with van der Waals surface area (Å²) in [5, 5.41) is 11.7. The predicted molar refractivity (Wildman–Crippen MR) is 91.0 cm³/mol. The van der Waals surface area contributed by atoms with Crippen molar-refractivity contribution in [2.75, 3.05) is 0 Å². The molecule has 0 atom stereocenters. The number of aryl methyl sites for hydroxylation is 2. The minimum Gasteiger partial charge on any atom is -0.508 e. The highest BCUT2D eigenvalue weighted by Crippen LogP contribution is 2.30. The highest BCUT2D eigenvalue weighted by molar-refractivity contribution is 7.98. The van der Waals surface area contributed by atoms with Crippen molar-refractivity contribution in [3.8, 4) is 5.75 Å². The number of rotatable bonds is 5. The molecule has 0 aliphatic rings. The van der Waals surface area contributed by atoms with Crippen molar-refractivity contribution in [2.24, 2.45) is 0 Å². The summed E-state index contributed by atoms with van der Waals surface area (Å²) in [5.41, 5.74) is 1.74. The van der Waals surface area contributed by atoms with Gasteiger partial charge in [-0.3, -0.25) is 0 Å². The smallest absolute Gasteiger partial charge is 0.336 e. The molecule has 5 nitrogen and oxygen atoms in total. The molecule has 3 rings (SSSR count). The van der Waals surface area contributed by atoms with Gasteiger partial charge in [0.25, 0.3) is 0 Å². The molecule has 23 heavy (non-hydrogen) atoms. The highest BCUT2D eigenvalue weighted by Gasteiger charge is 2.11. The Kier molecular flexibility index (Phi) is 4.43. The lowest BCUT2D eigenvalue weighted by Gasteiger charge is -2.09. The van der Waals surface area contributed by atoms with Gasteiger partial charge in [-0.15, -0.1) is 0 Å². The third-order valence-electron chi connectivity index (χ3n) is 3.79. The van der Waals surface area contributed by atoms with Crippen LogP contribution in [0.15, 0.2) is 45.0 Å². The van der Waals surface area contributed by atoms with Crippen molar-refractivity contribution < 1.29 is 9.52 Å². The fourth-order valence-electron chi connectivity index (χ4n) is 2.53. The monoisotopic (exact) mass is 330 g/mol. The van der Waals surface area contributed by atoms with Crippen LogP contribution in [-0.2, 0) is 18.7 Å². The molecule has 0 spiro atoms. The first-order chi connectivity index (χ1) is 11.1. The second kappa shape index (κ2) is 6.50. The molecule has 0 saturated carbocycles. The summed E-state index contributed by atoms with van der Waals surface area (Å²) in [6.45, 7) is 4.90. The average Bonchev–Trinajstić information content (AvgIpc) is 2.99. The largest absolute Gasteiger partial charge is 0.508 e. The van der Waals surface area contributed by atoms with Gasteiger partial charge in [-0.25, -0.2) is 9.78 Å². The second-order valence-electron chi connectivity index (χ2n) is 5.21. The molecule has 0 unspecified atom stereocenters. The van der Waals surface area contributed by atoms with Crippen LogP contribution < -0.4 is 5.63 Å². The minimum atomic E-state index is -0.407. The van der Waals surface area contributed by atoms with Crippen LogP contribution >= 0.6 is 11.8 Å². The molecule has 1 N–H and O–H groups in total. The molecule has 6 heteroatoms. The van der Waals surface area contributed by atoms with Crippen LogP contribution in [0.3, 0.4) is 0 Å². The van der Waals surface area contributed by atoms with Crippen molar-refractivity contribution in [3.63, 3.8) is 0 Å². The van der Waals surface area contributed by atoms with Gasteiger partial charge in [-0.05, 0) is 30.5 Å². The molecule has 0 aliphatic heterocycles. The molecule has 0 radical (unpaired) electrons. The Hall–Kier alpha value is -2.21. The van der Waals surface area contributed by atoms with E-state index in [1.807, 2.05) is 19.2 Å². The Morgan fingerprint density at radius 1 is 1.26 bits per heavy atom. The molecule has 3 aromatic rings. The van der Waals surface area contributed by atoms with Crippen molar-refractivity contribution >= 4 is 22.7 Å². The number of hydrogen-bond donors (Lipinski definition) is 1. The molecule has 0 saturated heterocycles. The maximum Gasteiger partial charge on any atom is 0.336 e. The van der Waals surface area contributed by atoms with E-state index in [0.29, 0.717) is 17.8 Å². The minimum absolute atomic E-state index is 0.162. The van der Waals surface area contributed by atoms with Gasteiger partial charge >= 0.3 is 5.63 Å². The van der Waals surface area contributed by atoms with Gasteiger partial charge in [0, 0.05) is 42.2 Å². The Balaban J connectivity index is 2.00. The molecule has 2 aromatic heterocycles. The maximum absolute atomic E-state index is 11.8. The van der Waals surface area contributed by atoms with E-state index in [2.05, 4.69) is 16.5 Å². The molecular weight excluding hydrogens is 312 g/mol. The normalized spacial score (nSPS) is 11.2. The maximum atomic E-state index is 11.8. The van der Waals surface area contributed by atoms with Gasteiger partial charge in [-0.2, -0.15) is 0 Å².